The molecule has 12 heteroatoms. The number of esters is 3. The van der Waals surface area contributed by atoms with Crippen LogP contribution >= 0.6 is 0 Å². The Morgan fingerprint density at radius 2 is 1.70 bits per heavy atom. The summed E-state index contributed by atoms with van der Waals surface area (Å²) in [6, 6.07) is 0. The fourth-order valence-corrected chi connectivity index (χ4v) is 3.16. The van der Waals surface area contributed by atoms with Crippen LogP contribution in [-0.2, 0) is 38.0 Å². The van der Waals surface area contributed by atoms with E-state index in [-0.39, 0.29) is 30.2 Å². The molecule has 1 aliphatic rings. The van der Waals surface area contributed by atoms with Crippen molar-refractivity contribution in [3.63, 3.8) is 0 Å². The van der Waals surface area contributed by atoms with Crippen LogP contribution in [0.25, 0.3) is 0 Å². The topological polar surface area (TPSA) is 137 Å². The largest absolute Gasteiger partial charge is 0.464 e. The molecule has 1 saturated heterocycles. The van der Waals surface area contributed by atoms with Gasteiger partial charge in [0.25, 0.3) is 0 Å². The molecule has 1 aromatic rings. The summed E-state index contributed by atoms with van der Waals surface area (Å²) >= 11 is 0. The zero-order chi connectivity index (χ0) is 24.7. The second-order valence-corrected chi connectivity index (χ2v) is 7.63. The predicted molar refractivity (Wildman–Crippen MR) is 111 cm³/mol. The lowest BCUT2D eigenvalue weighted by Crippen LogP contribution is -2.41. The van der Waals surface area contributed by atoms with Crippen LogP contribution in [0.2, 0.25) is 0 Å². The summed E-state index contributed by atoms with van der Waals surface area (Å²) in [5.74, 6) is 2.69. The Morgan fingerprint density at radius 1 is 1.06 bits per heavy atom. The summed E-state index contributed by atoms with van der Waals surface area (Å²) in [4.78, 5) is 35.2. The summed E-state index contributed by atoms with van der Waals surface area (Å²) in [5, 5.41) is 7.87. The van der Waals surface area contributed by atoms with E-state index in [0.29, 0.717) is 0 Å². The summed E-state index contributed by atoms with van der Waals surface area (Å²) in [5.41, 5.74) is -0.253. The highest BCUT2D eigenvalue weighted by molar-refractivity contribution is 5.92. The molecule has 0 N–H and O–H groups in total. The Bertz CT molecular complexity index is 916. The number of methoxy groups -OCH3 is 2. The fourth-order valence-electron chi connectivity index (χ4n) is 3.16. The number of hydrogen-bond acceptors (Lipinski definition) is 11. The van der Waals surface area contributed by atoms with E-state index in [9.17, 15) is 14.4 Å². The van der Waals surface area contributed by atoms with Gasteiger partial charge in [0.05, 0.1) is 26.4 Å². The summed E-state index contributed by atoms with van der Waals surface area (Å²) in [6.07, 6.45) is -3.50. The smallest absolute Gasteiger partial charge is 0.384 e. The van der Waals surface area contributed by atoms with Gasteiger partial charge in [-0.25, -0.2) is 14.3 Å². The Kier molecular flexibility index (Phi) is 9.33. The lowest BCUT2D eigenvalue weighted by atomic mass is 10.1. The normalized spacial score (nSPS) is 22.1. The molecule has 0 bridgehead atoms. The molecule has 33 heavy (non-hydrogen) atoms. The van der Waals surface area contributed by atoms with Gasteiger partial charge >= 0.3 is 17.9 Å². The Labute approximate surface area is 191 Å². The lowest BCUT2D eigenvalue weighted by molar-refractivity contribution is -0.149. The minimum Gasteiger partial charge on any atom is -0.464 e. The van der Waals surface area contributed by atoms with Crippen molar-refractivity contribution in [3.8, 4) is 11.8 Å². The zero-order valence-corrected chi connectivity index (χ0v) is 19.7. The number of aromatic nitrogens is 3. The van der Waals surface area contributed by atoms with Gasteiger partial charge in [-0.2, -0.15) is 0 Å². The van der Waals surface area contributed by atoms with Crippen LogP contribution in [0.15, 0.2) is 0 Å². The molecule has 1 aliphatic heterocycles. The number of ether oxygens (including phenoxy) is 6. The van der Waals surface area contributed by atoms with Crippen LogP contribution in [-0.4, -0.2) is 84.2 Å². The highest BCUT2D eigenvalue weighted by Crippen LogP contribution is 2.36. The molecule has 1 aromatic heterocycles. The molecule has 182 valence electrons. The fraction of sp³-hybridized carbons (Fsp3) is 0.667. The highest BCUT2D eigenvalue weighted by atomic mass is 16.6. The first kappa shape index (κ1) is 26.2. The zero-order valence-electron chi connectivity index (χ0n) is 19.7. The standard InChI is InChI=1S/C21H29N3O9/c1-11(2)31-18-15(10-30-13(5)25)33-20(19(18)32-12(3)4)24-14(8-9-16(26)28-6)17(22-23-24)21(27)29-7/h11-12,15,18-20H,10H2,1-7H3/t15-,18-,19-,20-/m1/s1. The first-order valence-corrected chi connectivity index (χ1v) is 10.3. The molecule has 0 aromatic carbocycles. The van der Waals surface area contributed by atoms with Crippen LogP contribution in [0, 0.1) is 11.8 Å². The number of hydrogen-bond donors (Lipinski definition) is 0. The maximum atomic E-state index is 12.2. The average Bonchev–Trinajstić information content (AvgIpc) is 3.30. The maximum absolute atomic E-state index is 12.2. The highest BCUT2D eigenvalue weighted by Gasteiger charge is 2.50. The van der Waals surface area contributed by atoms with Gasteiger partial charge in [0, 0.05) is 12.8 Å². The third-order valence-corrected chi connectivity index (χ3v) is 4.38. The van der Waals surface area contributed by atoms with E-state index in [4.69, 9.17) is 23.7 Å². The Balaban J connectivity index is 2.56. The monoisotopic (exact) mass is 467 g/mol. The number of rotatable bonds is 8. The minimum absolute atomic E-state index is 0.0361. The molecule has 0 amide bonds. The van der Waals surface area contributed by atoms with Crippen molar-refractivity contribution in [1.82, 2.24) is 15.0 Å². The van der Waals surface area contributed by atoms with Gasteiger partial charge in [-0.15, -0.1) is 5.10 Å². The summed E-state index contributed by atoms with van der Waals surface area (Å²) in [6.45, 7) is 8.56. The SMILES string of the molecule is COC(=O)C#Cc1c(C(=O)OC)nnn1[C@@H]1O[C@H](COC(C)=O)[C@@H](OC(C)C)[C@H]1OC(C)C. The van der Waals surface area contributed by atoms with Crippen LogP contribution < -0.4 is 0 Å². The van der Waals surface area contributed by atoms with Gasteiger partial charge < -0.3 is 28.4 Å². The van der Waals surface area contributed by atoms with E-state index in [1.807, 2.05) is 27.7 Å². The second-order valence-electron chi connectivity index (χ2n) is 7.63. The van der Waals surface area contributed by atoms with Crippen molar-refractivity contribution in [2.75, 3.05) is 20.8 Å². The molecule has 2 heterocycles. The van der Waals surface area contributed by atoms with Gasteiger partial charge in [0.15, 0.2) is 6.23 Å². The van der Waals surface area contributed by atoms with Crippen LogP contribution in [0.5, 0.6) is 0 Å². The van der Waals surface area contributed by atoms with Crippen molar-refractivity contribution >= 4 is 17.9 Å². The molecular weight excluding hydrogens is 438 g/mol. The molecule has 1 fully saturated rings. The summed E-state index contributed by atoms with van der Waals surface area (Å²) < 4.78 is 33.9. The third-order valence-electron chi connectivity index (χ3n) is 4.38. The van der Waals surface area contributed by atoms with Gasteiger partial charge in [0.2, 0.25) is 5.69 Å². The average molecular weight is 467 g/mol. The maximum Gasteiger partial charge on any atom is 0.384 e. The summed E-state index contributed by atoms with van der Waals surface area (Å²) in [7, 11) is 2.35. The second kappa shape index (κ2) is 11.7. The number of nitrogens with zero attached hydrogens (tertiary/aromatic N) is 3. The number of carbonyl (C=O) groups is 3. The van der Waals surface area contributed by atoms with Crippen LogP contribution in [0.4, 0.5) is 0 Å². The van der Waals surface area contributed by atoms with Crippen molar-refractivity contribution in [1.29, 1.82) is 0 Å². The Morgan fingerprint density at radius 3 is 2.24 bits per heavy atom. The van der Waals surface area contributed by atoms with Gasteiger partial charge in [0.1, 0.15) is 30.6 Å². The Hall–Kier alpha value is -3.01. The van der Waals surface area contributed by atoms with Crippen molar-refractivity contribution in [2.24, 2.45) is 0 Å². The minimum atomic E-state index is -0.968. The molecule has 0 spiro atoms. The van der Waals surface area contributed by atoms with E-state index in [1.165, 1.54) is 25.8 Å². The molecule has 2 rings (SSSR count). The van der Waals surface area contributed by atoms with Crippen molar-refractivity contribution in [3.05, 3.63) is 11.4 Å². The van der Waals surface area contributed by atoms with Gasteiger partial charge in [-0.3, -0.25) is 4.79 Å². The van der Waals surface area contributed by atoms with Crippen molar-refractivity contribution in [2.45, 2.75) is 71.4 Å². The van der Waals surface area contributed by atoms with Gasteiger partial charge in [-0.05, 0) is 33.6 Å². The van der Waals surface area contributed by atoms with Crippen LogP contribution in [0.3, 0.4) is 0 Å². The van der Waals surface area contributed by atoms with E-state index in [1.54, 1.807) is 0 Å². The van der Waals surface area contributed by atoms with E-state index in [2.05, 4.69) is 26.9 Å². The molecule has 4 atom stereocenters. The first-order chi connectivity index (χ1) is 15.6. The predicted octanol–water partition coefficient (Wildman–Crippen LogP) is 0.637. The van der Waals surface area contributed by atoms with E-state index >= 15 is 0 Å². The van der Waals surface area contributed by atoms with Crippen LogP contribution in [0.1, 0.15) is 57.0 Å². The molecule has 12 nitrogen and oxygen atoms in total. The molecule has 0 unspecified atom stereocenters. The molecule has 0 radical (unpaired) electrons. The number of carbonyl (C=O) groups excluding carboxylic acids is 3. The molecule has 0 aliphatic carbocycles. The quantitative estimate of drug-likeness (QED) is 0.302. The third kappa shape index (κ3) is 6.74. The molecule has 0 saturated carbocycles. The lowest BCUT2D eigenvalue weighted by Gasteiger charge is -2.27. The van der Waals surface area contributed by atoms with E-state index < -0.39 is 42.4 Å². The molecular formula is C21H29N3O9. The van der Waals surface area contributed by atoms with Gasteiger partial charge in [-0.1, -0.05) is 5.21 Å². The van der Waals surface area contributed by atoms with E-state index in [0.717, 1.165) is 0 Å². The van der Waals surface area contributed by atoms with Crippen molar-refractivity contribution < 1.29 is 42.8 Å². The first-order valence-electron chi connectivity index (χ1n) is 10.3.